The van der Waals surface area contributed by atoms with Crippen molar-refractivity contribution < 1.29 is 64.3 Å². The molecule has 0 aromatic rings. The zero-order valence-corrected chi connectivity index (χ0v) is 12.2. The van der Waals surface area contributed by atoms with Gasteiger partial charge in [-0.15, -0.1) is 0 Å². The first-order valence-corrected chi connectivity index (χ1v) is 5.05. The maximum atomic E-state index is 12.5. The molecule has 0 spiro atoms. The predicted octanol–water partition coefficient (Wildman–Crippen LogP) is 0.808. The molecule has 0 heterocycles. The summed E-state index contributed by atoms with van der Waals surface area (Å²) in [4.78, 5) is 0. The number of halogens is 3. The molecule has 3 aliphatic rings. The normalized spacial score (nSPS) is 41.8. The maximum Gasteiger partial charge on any atom is 1.00 e. The minimum absolute atomic E-state index is 0. The van der Waals surface area contributed by atoms with E-state index in [2.05, 4.69) is 13.8 Å². The van der Waals surface area contributed by atoms with Crippen LogP contribution in [0.3, 0.4) is 0 Å². The molecule has 0 aromatic heterocycles. The fourth-order valence-corrected chi connectivity index (χ4v) is 3.25. The minimum Gasteiger partial charge on any atom is -0.449 e. The average Bonchev–Trinajstić information content (AvgIpc) is 1.77. The molecule has 1 atom stereocenters. The topological polar surface area (TPSA) is 0 Å². The Balaban J connectivity index is 0.000000980. The number of hydrogen-bond donors (Lipinski definition) is 0. The van der Waals surface area contributed by atoms with Crippen LogP contribution in [0.1, 0.15) is 39.5 Å². The van der Waals surface area contributed by atoms with Crippen molar-refractivity contribution in [1.29, 1.82) is 0 Å². The Labute approximate surface area is 126 Å². The minimum atomic E-state index is -4.57. The van der Waals surface area contributed by atoms with Gasteiger partial charge in [0.05, 0.1) is 0 Å². The molecular formula is C9H15BF3K. The molecule has 3 fully saturated rings. The molecule has 2 bridgehead atoms. The smallest absolute Gasteiger partial charge is 0.449 e. The van der Waals surface area contributed by atoms with Crippen molar-refractivity contribution in [2.24, 2.45) is 11.3 Å². The summed E-state index contributed by atoms with van der Waals surface area (Å²) in [6.45, 7) is -0.415. The molecule has 0 aromatic carbocycles. The second-order valence-corrected chi connectivity index (χ2v) is 5.14. The van der Waals surface area contributed by atoms with E-state index in [9.17, 15) is 12.9 Å². The van der Waals surface area contributed by atoms with Crippen molar-refractivity contribution in [3.05, 3.63) is 0 Å². The summed E-state index contributed by atoms with van der Waals surface area (Å²) in [7, 11) is 0. The Kier molecular flexibility index (Phi) is 3.64. The quantitative estimate of drug-likeness (QED) is 0.629. The van der Waals surface area contributed by atoms with Gasteiger partial charge >= 0.3 is 58.4 Å². The summed E-state index contributed by atoms with van der Waals surface area (Å²) in [6, 6.07) is 0. The van der Waals surface area contributed by atoms with E-state index in [-0.39, 0.29) is 56.8 Å². The molecule has 0 nitrogen and oxygen atoms in total. The fourth-order valence-electron chi connectivity index (χ4n) is 3.25. The largest absolute Gasteiger partial charge is 1.00 e. The fraction of sp³-hybridized carbons (Fsp3) is 1.00. The molecule has 76 valence electrons. The van der Waals surface area contributed by atoms with Crippen LogP contribution in [0.15, 0.2) is 0 Å². The third-order valence-corrected chi connectivity index (χ3v) is 4.46. The summed E-state index contributed by atoms with van der Waals surface area (Å²) < 4.78 is 37.6. The molecule has 1 unspecified atom stereocenters. The Bertz CT molecular complexity index is 219. The van der Waals surface area contributed by atoms with Crippen molar-refractivity contribution in [2.75, 3.05) is 0 Å². The van der Waals surface area contributed by atoms with E-state index < -0.39 is 12.3 Å². The summed E-state index contributed by atoms with van der Waals surface area (Å²) in [5.41, 5.74) is 0.0893. The molecular weight excluding hydrogens is 215 g/mol. The van der Waals surface area contributed by atoms with Gasteiger partial charge < -0.3 is 12.9 Å². The summed E-state index contributed by atoms with van der Waals surface area (Å²) in [5, 5.41) is -1.19. The van der Waals surface area contributed by atoms with Crippen LogP contribution >= 0.6 is 0 Å². The van der Waals surface area contributed by atoms with Gasteiger partial charge in [0, 0.05) is 0 Å². The van der Waals surface area contributed by atoms with Crippen LogP contribution in [0.25, 0.3) is 0 Å². The van der Waals surface area contributed by atoms with Crippen LogP contribution in [0, 0.1) is 11.3 Å². The van der Waals surface area contributed by atoms with Crippen molar-refractivity contribution >= 4 is 6.98 Å². The average molecular weight is 230 g/mol. The Hall–Kier alpha value is 1.49. The van der Waals surface area contributed by atoms with E-state index in [0.29, 0.717) is 25.2 Å². The second kappa shape index (κ2) is 3.76. The standard InChI is InChI=1S/C9H15BF3.K/c1-3-7(2)8-4-9(5-8,6-8)10(11,12)13;/h7H,3-6H2,1-2H3;/q-1;+1. The third-order valence-electron chi connectivity index (χ3n) is 4.46. The first-order chi connectivity index (χ1) is 5.85. The molecule has 3 aliphatic carbocycles. The van der Waals surface area contributed by atoms with Gasteiger partial charge in [-0.1, -0.05) is 44.8 Å². The molecule has 3 rings (SSSR count). The van der Waals surface area contributed by atoms with Crippen LogP contribution in [-0.4, -0.2) is 6.98 Å². The van der Waals surface area contributed by atoms with Crippen molar-refractivity contribution in [3.63, 3.8) is 0 Å². The van der Waals surface area contributed by atoms with E-state index >= 15 is 0 Å². The van der Waals surface area contributed by atoms with E-state index in [0.717, 1.165) is 6.42 Å². The van der Waals surface area contributed by atoms with E-state index in [1.165, 1.54) is 0 Å². The zero-order valence-electron chi connectivity index (χ0n) is 9.12. The molecule has 0 amide bonds. The van der Waals surface area contributed by atoms with E-state index in [1.807, 2.05) is 0 Å². The van der Waals surface area contributed by atoms with Gasteiger partial charge in [-0.05, 0) is 11.3 Å². The maximum absolute atomic E-state index is 12.5. The van der Waals surface area contributed by atoms with Gasteiger partial charge in [0.15, 0.2) is 0 Å². The van der Waals surface area contributed by atoms with Gasteiger partial charge in [-0.3, -0.25) is 0 Å². The Morgan fingerprint density at radius 1 is 1.21 bits per heavy atom. The van der Waals surface area contributed by atoms with Crippen LogP contribution in [0.5, 0.6) is 0 Å². The monoisotopic (exact) mass is 230 g/mol. The first-order valence-electron chi connectivity index (χ1n) is 5.05. The van der Waals surface area contributed by atoms with Crippen LogP contribution in [-0.2, 0) is 0 Å². The van der Waals surface area contributed by atoms with Crippen molar-refractivity contribution in [2.45, 2.75) is 44.8 Å². The van der Waals surface area contributed by atoms with Gasteiger partial charge in [0.1, 0.15) is 0 Å². The third kappa shape index (κ3) is 1.58. The van der Waals surface area contributed by atoms with Crippen LogP contribution in [0.2, 0.25) is 5.31 Å². The molecule has 0 aliphatic heterocycles. The Morgan fingerprint density at radius 3 is 1.93 bits per heavy atom. The number of rotatable bonds is 3. The van der Waals surface area contributed by atoms with Gasteiger partial charge in [-0.2, -0.15) is 0 Å². The first kappa shape index (κ1) is 13.6. The van der Waals surface area contributed by atoms with Crippen LogP contribution < -0.4 is 51.4 Å². The van der Waals surface area contributed by atoms with Gasteiger partial charge in [0.25, 0.3) is 0 Å². The van der Waals surface area contributed by atoms with Gasteiger partial charge in [0.2, 0.25) is 0 Å². The van der Waals surface area contributed by atoms with E-state index in [4.69, 9.17) is 0 Å². The summed E-state index contributed by atoms with van der Waals surface area (Å²) >= 11 is 0. The van der Waals surface area contributed by atoms with Crippen LogP contribution in [0.4, 0.5) is 12.9 Å². The van der Waals surface area contributed by atoms with Crippen molar-refractivity contribution in [1.82, 2.24) is 0 Å². The van der Waals surface area contributed by atoms with Crippen molar-refractivity contribution in [3.8, 4) is 0 Å². The SMILES string of the molecule is CCC(C)C12CC([B-](F)(F)F)(C1)C2.[K+]. The summed E-state index contributed by atoms with van der Waals surface area (Å²) in [6.07, 6.45) is 2.30. The molecule has 3 saturated carbocycles. The molecule has 0 radical (unpaired) electrons. The zero-order chi connectivity index (χ0) is 9.91. The molecule has 0 N–H and O–H groups in total. The Morgan fingerprint density at radius 2 is 1.64 bits per heavy atom. The summed E-state index contributed by atoms with van der Waals surface area (Å²) in [5.74, 6) is 0.479. The number of hydrogen-bond acceptors (Lipinski definition) is 0. The molecule has 14 heavy (non-hydrogen) atoms. The molecule has 0 saturated heterocycles. The molecule has 5 heteroatoms. The second-order valence-electron chi connectivity index (χ2n) is 5.14. The predicted molar refractivity (Wildman–Crippen MR) is 47.5 cm³/mol. The van der Waals surface area contributed by atoms with E-state index in [1.54, 1.807) is 0 Å². The van der Waals surface area contributed by atoms with Gasteiger partial charge in [-0.25, -0.2) is 0 Å².